The van der Waals surface area contributed by atoms with Gasteiger partial charge in [-0.25, -0.2) is 9.97 Å². The van der Waals surface area contributed by atoms with E-state index in [9.17, 15) is 4.79 Å². The third-order valence-corrected chi connectivity index (χ3v) is 5.27. The van der Waals surface area contributed by atoms with Crippen LogP contribution in [0.1, 0.15) is 41.9 Å². The molecule has 0 aromatic carbocycles. The quantitative estimate of drug-likeness (QED) is 0.730. The highest BCUT2D eigenvalue weighted by atomic mass is 32.1. The SMILES string of the molecule is CCCn1c([C@H]2CCN(C(=O)c3ccsc3)C2)nc2cccnc21. The molecule has 124 valence electrons. The maximum Gasteiger partial charge on any atom is 0.254 e. The predicted octanol–water partition coefficient (Wildman–Crippen LogP) is 3.53. The van der Waals surface area contributed by atoms with Crippen molar-refractivity contribution < 1.29 is 4.79 Å². The average molecular weight is 340 g/mol. The van der Waals surface area contributed by atoms with E-state index in [0.29, 0.717) is 0 Å². The first-order valence-electron chi connectivity index (χ1n) is 8.40. The zero-order valence-corrected chi connectivity index (χ0v) is 14.5. The molecular formula is C18H20N4OS. The van der Waals surface area contributed by atoms with Gasteiger partial charge in [-0.2, -0.15) is 11.3 Å². The van der Waals surface area contributed by atoms with Crippen LogP contribution in [0, 0.1) is 0 Å². The van der Waals surface area contributed by atoms with E-state index in [2.05, 4.69) is 16.5 Å². The van der Waals surface area contributed by atoms with Gasteiger partial charge >= 0.3 is 0 Å². The van der Waals surface area contributed by atoms with E-state index in [1.807, 2.05) is 40.1 Å². The van der Waals surface area contributed by atoms with Gasteiger partial charge in [0.25, 0.3) is 5.91 Å². The Labute approximate surface area is 145 Å². The fourth-order valence-corrected chi connectivity index (χ4v) is 4.09. The van der Waals surface area contributed by atoms with Crippen molar-refractivity contribution in [3.05, 3.63) is 46.5 Å². The van der Waals surface area contributed by atoms with E-state index in [1.54, 1.807) is 11.3 Å². The van der Waals surface area contributed by atoms with Gasteiger partial charge in [0.2, 0.25) is 0 Å². The van der Waals surface area contributed by atoms with Crippen molar-refractivity contribution in [2.24, 2.45) is 0 Å². The van der Waals surface area contributed by atoms with Gasteiger partial charge in [-0.15, -0.1) is 0 Å². The lowest BCUT2D eigenvalue weighted by atomic mass is 10.1. The molecular weight excluding hydrogens is 320 g/mol. The fourth-order valence-electron chi connectivity index (χ4n) is 3.46. The molecule has 0 aliphatic carbocycles. The van der Waals surface area contributed by atoms with E-state index < -0.39 is 0 Å². The predicted molar refractivity (Wildman–Crippen MR) is 95.4 cm³/mol. The molecule has 1 atom stereocenters. The Morgan fingerprint density at radius 2 is 2.33 bits per heavy atom. The van der Waals surface area contributed by atoms with Crippen LogP contribution >= 0.6 is 11.3 Å². The number of carbonyl (C=O) groups excluding carboxylic acids is 1. The summed E-state index contributed by atoms with van der Waals surface area (Å²) in [5.41, 5.74) is 2.70. The number of rotatable bonds is 4. The van der Waals surface area contributed by atoms with Crippen molar-refractivity contribution in [1.82, 2.24) is 19.4 Å². The maximum atomic E-state index is 12.6. The Bertz CT molecular complexity index is 855. The Morgan fingerprint density at radius 3 is 3.12 bits per heavy atom. The van der Waals surface area contributed by atoms with Crippen LogP contribution < -0.4 is 0 Å². The number of amides is 1. The van der Waals surface area contributed by atoms with Crippen LogP contribution in [0.3, 0.4) is 0 Å². The molecule has 0 bridgehead atoms. The number of carbonyl (C=O) groups is 1. The summed E-state index contributed by atoms with van der Waals surface area (Å²) in [5, 5.41) is 3.87. The zero-order chi connectivity index (χ0) is 16.5. The monoisotopic (exact) mass is 340 g/mol. The number of fused-ring (bicyclic) bond motifs is 1. The van der Waals surface area contributed by atoms with Crippen LogP contribution in [0.25, 0.3) is 11.2 Å². The number of imidazole rings is 1. The zero-order valence-electron chi connectivity index (χ0n) is 13.7. The summed E-state index contributed by atoms with van der Waals surface area (Å²) in [7, 11) is 0. The van der Waals surface area contributed by atoms with Gasteiger partial charge in [0.1, 0.15) is 11.3 Å². The van der Waals surface area contributed by atoms with Crippen LogP contribution in [0.2, 0.25) is 0 Å². The van der Waals surface area contributed by atoms with Gasteiger partial charge in [-0.1, -0.05) is 6.92 Å². The molecule has 0 saturated carbocycles. The van der Waals surface area contributed by atoms with Crippen LogP contribution in [-0.4, -0.2) is 38.4 Å². The molecule has 0 unspecified atom stereocenters. The summed E-state index contributed by atoms with van der Waals surface area (Å²) in [6.45, 7) is 4.61. The number of nitrogens with zero attached hydrogens (tertiary/aromatic N) is 4. The van der Waals surface area contributed by atoms with Gasteiger partial charge in [-0.05, 0) is 36.4 Å². The molecule has 4 rings (SSSR count). The summed E-state index contributed by atoms with van der Waals surface area (Å²) >= 11 is 1.56. The van der Waals surface area contributed by atoms with Gasteiger partial charge in [-0.3, -0.25) is 4.79 Å². The molecule has 0 N–H and O–H groups in total. The molecule has 3 aromatic rings. The highest BCUT2D eigenvalue weighted by Gasteiger charge is 2.31. The largest absolute Gasteiger partial charge is 0.338 e. The first-order valence-corrected chi connectivity index (χ1v) is 9.35. The van der Waals surface area contributed by atoms with Crippen molar-refractivity contribution in [3.8, 4) is 0 Å². The minimum Gasteiger partial charge on any atom is -0.338 e. The van der Waals surface area contributed by atoms with Crippen molar-refractivity contribution >= 4 is 28.4 Å². The summed E-state index contributed by atoms with van der Waals surface area (Å²) in [5.74, 6) is 1.49. The number of aromatic nitrogens is 3. The lowest BCUT2D eigenvalue weighted by Crippen LogP contribution is -2.28. The Morgan fingerprint density at radius 1 is 1.42 bits per heavy atom. The molecule has 3 aromatic heterocycles. The average Bonchev–Trinajstić information content (AvgIpc) is 3.34. The first-order chi connectivity index (χ1) is 11.8. The van der Waals surface area contributed by atoms with Crippen molar-refractivity contribution in [2.45, 2.75) is 32.2 Å². The summed E-state index contributed by atoms with van der Waals surface area (Å²) in [6, 6.07) is 5.84. The molecule has 1 amide bonds. The molecule has 1 aliphatic heterocycles. The smallest absolute Gasteiger partial charge is 0.254 e. The van der Waals surface area contributed by atoms with E-state index in [-0.39, 0.29) is 11.8 Å². The first kappa shape index (κ1) is 15.3. The van der Waals surface area contributed by atoms with E-state index in [4.69, 9.17) is 4.98 Å². The second-order valence-corrected chi connectivity index (χ2v) is 7.00. The minimum absolute atomic E-state index is 0.134. The van der Waals surface area contributed by atoms with E-state index >= 15 is 0 Å². The van der Waals surface area contributed by atoms with Crippen LogP contribution in [0.15, 0.2) is 35.2 Å². The van der Waals surface area contributed by atoms with Crippen molar-refractivity contribution in [1.29, 1.82) is 0 Å². The van der Waals surface area contributed by atoms with Crippen LogP contribution in [0.5, 0.6) is 0 Å². The number of thiophene rings is 1. The topological polar surface area (TPSA) is 51.0 Å². The van der Waals surface area contributed by atoms with Crippen LogP contribution in [-0.2, 0) is 6.54 Å². The normalized spacial score (nSPS) is 17.7. The molecule has 0 radical (unpaired) electrons. The summed E-state index contributed by atoms with van der Waals surface area (Å²) in [6.07, 6.45) is 3.82. The highest BCUT2D eigenvalue weighted by Crippen LogP contribution is 2.30. The molecule has 1 saturated heterocycles. The highest BCUT2D eigenvalue weighted by molar-refractivity contribution is 7.08. The van der Waals surface area contributed by atoms with Crippen molar-refractivity contribution in [3.63, 3.8) is 0 Å². The van der Waals surface area contributed by atoms with Crippen LogP contribution in [0.4, 0.5) is 0 Å². The van der Waals surface area contributed by atoms with Gasteiger partial charge in [0.05, 0.1) is 5.56 Å². The molecule has 1 aliphatic rings. The summed E-state index contributed by atoms with van der Waals surface area (Å²) in [4.78, 5) is 23.9. The number of hydrogen-bond donors (Lipinski definition) is 0. The number of likely N-dealkylation sites (tertiary alicyclic amines) is 1. The number of aryl methyl sites for hydroxylation is 1. The fraction of sp³-hybridized carbons (Fsp3) is 0.389. The molecule has 0 spiro atoms. The molecule has 1 fully saturated rings. The number of hydrogen-bond acceptors (Lipinski definition) is 4. The third-order valence-electron chi connectivity index (χ3n) is 4.59. The molecule has 4 heterocycles. The standard InChI is InChI=1S/C18H20N4OS/c1-2-8-22-16(20-15-4-3-7-19-17(15)22)13-5-9-21(11-13)18(23)14-6-10-24-12-14/h3-4,6-7,10,12-13H,2,5,8-9,11H2,1H3/t13-/m0/s1. The summed E-state index contributed by atoms with van der Waals surface area (Å²) < 4.78 is 2.23. The Balaban J connectivity index is 1.62. The van der Waals surface area contributed by atoms with Crippen molar-refractivity contribution in [2.75, 3.05) is 13.1 Å². The number of pyridine rings is 1. The molecule has 6 heteroatoms. The Hall–Kier alpha value is -2.21. The molecule has 5 nitrogen and oxygen atoms in total. The lowest BCUT2D eigenvalue weighted by Gasteiger charge is -2.16. The second-order valence-electron chi connectivity index (χ2n) is 6.22. The molecule has 24 heavy (non-hydrogen) atoms. The van der Waals surface area contributed by atoms with E-state index in [0.717, 1.165) is 55.0 Å². The lowest BCUT2D eigenvalue weighted by molar-refractivity contribution is 0.0791. The minimum atomic E-state index is 0.134. The maximum absolute atomic E-state index is 12.6. The van der Waals surface area contributed by atoms with Gasteiger partial charge in [0.15, 0.2) is 5.65 Å². The van der Waals surface area contributed by atoms with Gasteiger partial charge in [0, 0.05) is 37.1 Å². The van der Waals surface area contributed by atoms with Gasteiger partial charge < -0.3 is 9.47 Å². The second kappa shape index (κ2) is 6.36. The Kier molecular flexibility index (Phi) is 4.06. The van der Waals surface area contributed by atoms with E-state index in [1.165, 1.54) is 0 Å². The third kappa shape index (κ3) is 2.60.